The number of benzene rings is 2. The van der Waals surface area contributed by atoms with Crippen molar-refractivity contribution in [2.45, 2.75) is 13.0 Å². The zero-order valence-electron chi connectivity index (χ0n) is 14.7. The van der Waals surface area contributed by atoms with Crippen molar-refractivity contribution in [1.29, 1.82) is 0 Å². The predicted octanol–water partition coefficient (Wildman–Crippen LogP) is 4.52. The van der Waals surface area contributed by atoms with E-state index < -0.39 is 18.0 Å². The van der Waals surface area contributed by atoms with Gasteiger partial charge in [0, 0.05) is 6.08 Å². The number of fused-ring (bicyclic) bond motifs is 1. The van der Waals surface area contributed by atoms with Gasteiger partial charge in [-0.2, -0.15) is 0 Å². The molecule has 0 spiro atoms. The van der Waals surface area contributed by atoms with Crippen LogP contribution in [0.15, 0.2) is 54.7 Å². The van der Waals surface area contributed by atoms with Crippen LogP contribution in [0.25, 0.3) is 17.1 Å². The highest BCUT2D eigenvalue weighted by atomic mass is 35.5. The van der Waals surface area contributed by atoms with Crippen molar-refractivity contribution >= 4 is 57.9 Å². The van der Waals surface area contributed by atoms with Crippen LogP contribution >= 0.6 is 23.2 Å². The lowest BCUT2D eigenvalue weighted by molar-refractivity contribution is -0.148. The van der Waals surface area contributed by atoms with E-state index in [2.05, 4.69) is 15.3 Å². The Bertz CT molecular complexity index is 1070. The molecule has 0 fully saturated rings. The lowest BCUT2D eigenvalue weighted by atomic mass is 10.3. The van der Waals surface area contributed by atoms with Crippen LogP contribution in [0.3, 0.4) is 0 Å². The van der Waals surface area contributed by atoms with Crippen molar-refractivity contribution in [3.8, 4) is 0 Å². The second-order valence-corrected chi connectivity index (χ2v) is 6.57. The van der Waals surface area contributed by atoms with Crippen molar-refractivity contribution in [2.75, 3.05) is 5.32 Å². The van der Waals surface area contributed by atoms with Crippen molar-refractivity contribution in [2.24, 2.45) is 0 Å². The fourth-order valence-electron chi connectivity index (χ4n) is 2.31. The third-order valence-electron chi connectivity index (χ3n) is 3.73. The molecule has 3 aromatic rings. The molecular formula is C20H15Cl2N3O3. The Morgan fingerprint density at radius 1 is 1.11 bits per heavy atom. The van der Waals surface area contributed by atoms with E-state index in [1.807, 2.05) is 24.3 Å². The molecule has 1 heterocycles. The van der Waals surface area contributed by atoms with Gasteiger partial charge in [0.05, 0.1) is 38.7 Å². The summed E-state index contributed by atoms with van der Waals surface area (Å²) >= 11 is 11.9. The Morgan fingerprint density at radius 3 is 2.64 bits per heavy atom. The number of ether oxygens (including phenoxy) is 1. The molecular weight excluding hydrogens is 401 g/mol. The number of amides is 1. The minimum absolute atomic E-state index is 0.214. The van der Waals surface area contributed by atoms with E-state index in [4.69, 9.17) is 27.9 Å². The highest BCUT2D eigenvalue weighted by Crippen LogP contribution is 2.29. The molecule has 142 valence electrons. The molecule has 0 saturated heterocycles. The zero-order chi connectivity index (χ0) is 20.1. The normalized spacial score (nSPS) is 12.1. The Kier molecular flexibility index (Phi) is 6.23. The number of carbonyl (C=O) groups excluding carboxylic acids is 2. The molecule has 6 nitrogen and oxygen atoms in total. The van der Waals surface area contributed by atoms with Gasteiger partial charge in [0.1, 0.15) is 0 Å². The first-order valence-electron chi connectivity index (χ1n) is 8.29. The molecule has 1 aromatic heterocycles. The van der Waals surface area contributed by atoms with Gasteiger partial charge in [0.25, 0.3) is 5.91 Å². The molecule has 8 heteroatoms. The molecule has 1 amide bonds. The summed E-state index contributed by atoms with van der Waals surface area (Å²) in [5.74, 6) is -1.22. The van der Waals surface area contributed by atoms with Crippen LogP contribution < -0.4 is 5.32 Å². The second kappa shape index (κ2) is 8.82. The summed E-state index contributed by atoms with van der Waals surface area (Å²) in [5, 5.41) is 3.09. The van der Waals surface area contributed by atoms with Gasteiger partial charge in [-0.15, -0.1) is 0 Å². The maximum atomic E-state index is 12.2. The van der Waals surface area contributed by atoms with E-state index >= 15 is 0 Å². The Balaban J connectivity index is 1.60. The molecule has 1 atom stereocenters. The number of esters is 1. The summed E-state index contributed by atoms with van der Waals surface area (Å²) in [6.07, 6.45) is 3.17. The van der Waals surface area contributed by atoms with Crippen molar-refractivity contribution < 1.29 is 14.3 Å². The third-order valence-corrected chi connectivity index (χ3v) is 4.55. The summed E-state index contributed by atoms with van der Waals surface area (Å²) in [6, 6.07) is 12.2. The quantitative estimate of drug-likeness (QED) is 0.489. The van der Waals surface area contributed by atoms with Crippen LogP contribution in [-0.4, -0.2) is 27.9 Å². The number of rotatable bonds is 5. The van der Waals surface area contributed by atoms with Crippen molar-refractivity contribution in [1.82, 2.24) is 9.97 Å². The van der Waals surface area contributed by atoms with E-state index in [-0.39, 0.29) is 5.02 Å². The summed E-state index contributed by atoms with van der Waals surface area (Å²) < 4.78 is 5.10. The van der Waals surface area contributed by atoms with Crippen LogP contribution in [0.2, 0.25) is 10.0 Å². The zero-order valence-corrected chi connectivity index (χ0v) is 16.2. The van der Waals surface area contributed by atoms with Gasteiger partial charge in [-0.25, -0.2) is 9.78 Å². The first-order chi connectivity index (χ1) is 13.4. The van der Waals surface area contributed by atoms with Crippen LogP contribution in [0.4, 0.5) is 5.69 Å². The summed E-state index contributed by atoms with van der Waals surface area (Å²) in [7, 11) is 0. The summed E-state index contributed by atoms with van der Waals surface area (Å²) in [6.45, 7) is 1.45. The molecule has 1 unspecified atom stereocenters. The Morgan fingerprint density at radius 2 is 1.86 bits per heavy atom. The molecule has 2 aromatic carbocycles. The number of hydrogen-bond acceptors (Lipinski definition) is 5. The van der Waals surface area contributed by atoms with Gasteiger partial charge >= 0.3 is 5.97 Å². The molecule has 1 N–H and O–H groups in total. The number of halogens is 2. The average Bonchev–Trinajstić information content (AvgIpc) is 2.69. The second-order valence-electron chi connectivity index (χ2n) is 5.79. The molecule has 3 rings (SSSR count). The van der Waals surface area contributed by atoms with E-state index in [0.717, 1.165) is 5.52 Å². The van der Waals surface area contributed by atoms with Crippen LogP contribution in [-0.2, 0) is 14.3 Å². The van der Waals surface area contributed by atoms with Gasteiger partial charge in [-0.1, -0.05) is 41.4 Å². The van der Waals surface area contributed by atoms with Gasteiger partial charge < -0.3 is 10.1 Å². The first kappa shape index (κ1) is 19.8. The summed E-state index contributed by atoms with van der Waals surface area (Å²) in [4.78, 5) is 32.8. The van der Waals surface area contributed by atoms with E-state index in [9.17, 15) is 9.59 Å². The topological polar surface area (TPSA) is 81.2 Å². The SMILES string of the molecule is CC(OC(=O)/C=C/c1cnc2ccccc2n1)C(=O)Nc1cccc(Cl)c1Cl. The minimum atomic E-state index is -1.03. The number of para-hydroxylation sites is 2. The maximum absolute atomic E-state index is 12.2. The van der Waals surface area contributed by atoms with Crippen molar-refractivity contribution in [3.05, 3.63) is 70.5 Å². The molecule has 0 aliphatic rings. The maximum Gasteiger partial charge on any atom is 0.331 e. The van der Waals surface area contributed by atoms with Gasteiger partial charge in [0.2, 0.25) is 0 Å². The van der Waals surface area contributed by atoms with Gasteiger partial charge in [0.15, 0.2) is 6.10 Å². The fourth-order valence-corrected chi connectivity index (χ4v) is 2.65. The Hall–Kier alpha value is -2.96. The average molecular weight is 416 g/mol. The standard InChI is InChI=1S/C20H15Cl2N3O3/c1-12(20(27)25-17-8-4-5-14(21)19(17)22)28-18(26)10-9-13-11-23-15-6-2-3-7-16(15)24-13/h2-12H,1H3,(H,25,27)/b10-9+. The van der Waals surface area contributed by atoms with E-state index in [1.54, 1.807) is 24.4 Å². The third kappa shape index (κ3) is 4.85. The molecule has 0 radical (unpaired) electrons. The van der Waals surface area contributed by atoms with E-state index in [0.29, 0.717) is 21.9 Å². The first-order valence-corrected chi connectivity index (χ1v) is 9.05. The minimum Gasteiger partial charge on any atom is -0.449 e. The van der Waals surface area contributed by atoms with Crippen molar-refractivity contribution in [3.63, 3.8) is 0 Å². The molecule has 28 heavy (non-hydrogen) atoms. The molecule has 0 saturated carbocycles. The summed E-state index contributed by atoms with van der Waals surface area (Å²) in [5.41, 5.74) is 2.30. The fraction of sp³-hybridized carbons (Fsp3) is 0.100. The number of carbonyl (C=O) groups is 2. The smallest absolute Gasteiger partial charge is 0.331 e. The lowest BCUT2D eigenvalue weighted by Crippen LogP contribution is -2.29. The Labute approximate surface area is 171 Å². The predicted molar refractivity (Wildman–Crippen MR) is 109 cm³/mol. The largest absolute Gasteiger partial charge is 0.449 e. The van der Waals surface area contributed by atoms with Crippen LogP contribution in [0.1, 0.15) is 12.6 Å². The van der Waals surface area contributed by atoms with Gasteiger partial charge in [-0.05, 0) is 37.3 Å². The molecule has 0 bridgehead atoms. The number of nitrogens with zero attached hydrogens (tertiary/aromatic N) is 2. The number of hydrogen-bond donors (Lipinski definition) is 1. The molecule has 0 aliphatic carbocycles. The van der Waals surface area contributed by atoms with Crippen LogP contribution in [0.5, 0.6) is 0 Å². The van der Waals surface area contributed by atoms with E-state index in [1.165, 1.54) is 19.1 Å². The van der Waals surface area contributed by atoms with Crippen LogP contribution in [0, 0.1) is 0 Å². The number of nitrogens with one attached hydrogen (secondary N) is 1. The number of aromatic nitrogens is 2. The monoisotopic (exact) mass is 415 g/mol. The highest BCUT2D eigenvalue weighted by Gasteiger charge is 2.18. The lowest BCUT2D eigenvalue weighted by Gasteiger charge is -2.13. The molecule has 0 aliphatic heterocycles. The highest BCUT2D eigenvalue weighted by molar-refractivity contribution is 6.44. The van der Waals surface area contributed by atoms with Gasteiger partial charge in [-0.3, -0.25) is 9.78 Å². The number of anilines is 1.